The molecule has 124 valence electrons. The van der Waals surface area contributed by atoms with Crippen molar-refractivity contribution in [3.63, 3.8) is 0 Å². The van der Waals surface area contributed by atoms with E-state index in [-0.39, 0.29) is 24.1 Å². The van der Waals surface area contributed by atoms with Crippen molar-refractivity contribution in [3.05, 3.63) is 59.1 Å². The van der Waals surface area contributed by atoms with E-state index >= 15 is 0 Å². The van der Waals surface area contributed by atoms with Gasteiger partial charge in [-0.25, -0.2) is 0 Å². The normalized spacial score (nSPS) is 10.1. The maximum absolute atomic E-state index is 12.2. The monoisotopic (exact) mass is 344 g/mol. The van der Waals surface area contributed by atoms with Crippen molar-refractivity contribution >= 4 is 40.6 Å². The number of hydrogen-bond donors (Lipinski definition) is 1. The highest BCUT2D eigenvalue weighted by Gasteiger charge is 2.16. The number of Topliss-reactive ketones (excluding diaryl/α,β-unsaturated/α-hetero) is 1. The SMILES string of the molecule is CC(=O)c1cccc(NC(=O)CN(C(C)=O)c2cccc(Cl)c2)c1. The molecule has 0 spiro atoms. The summed E-state index contributed by atoms with van der Waals surface area (Å²) in [5.74, 6) is -0.730. The topological polar surface area (TPSA) is 66.5 Å². The van der Waals surface area contributed by atoms with Crippen LogP contribution >= 0.6 is 11.6 Å². The second-order valence-electron chi connectivity index (χ2n) is 5.27. The Morgan fingerprint density at radius 2 is 1.75 bits per heavy atom. The number of hydrogen-bond acceptors (Lipinski definition) is 3. The Labute approximate surface area is 145 Å². The fraction of sp³-hybridized carbons (Fsp3) is 0.167. The lowest BCUT2D eigenvalue weighted by molar-refractivity contribution is -0.120. The summed E-state index contributed by atoms with van der Waals surface area (Å²) in [6.45, 7) is 2.68. The molecular weight excluding hydrogens is 328 g/mol. The Morgan fingerprint density at radius 3 is 2.38 bits per heavy atom. The minimum atomic E-state index is -0.370. The van der Waals surface area contributed by atoms with Crippen molar-refractivity contribution in [1.29, 1.82) is 0 Å². The quantitative estimate of drug-likeness (QED) is 0.844. The predicted octanol–water partition coefficient (Wildman–Crippen LogP) is 3.53. The van der Waals surface area contributed by atoms with Gasteiger partial charge in [0.15, 0.2) is 5.78 Å². The van der Waals surface area contributed by atoms with Gasteiger partial charge in [0.2, 0.25) is 11.8 Å². The highest BCUT2D eigenvalue weighted by atomic mass is 35.5. The fourth-order valence-corrected chi connectivity index (χ4v) is 2.37. The van der Waals surface area contributed by atoms with E-state index in [9.17, 15) is 14.4 Å². The molecule has 0 saturated heterocycles. The number of amides is 2. The lowest BCUT2D eigenvalue weighted by Crippen LogP contribution is -2.36. The molecule has 0 radical (unpaired) electrons. The number of anilines is 2. The minimum absolute atomic E-state index is 0.0876. The Balaban J connectivity index is 2.13. The molecule has 24 heavy (non-hydrogen) atoms. The van der Waals surface area contributed by atoms with E-state index in [2.05, 4.69) is 5.32 Å². The van der Waals surface area contributed by atoms with Crippen LogP contribution in [0, 0.1) is 0 Å². The molecule has 0 heterocycles. The molecule has 2 amide bonds. The van der Waals surface area contributed by atoms with Gasteiger partial charge >= 0.3 is 0 Å². The molecule has 2 aromatic rings. The molecule has 2 rings (SSSR count). The van der Waals surface area contributed by atoms with Crippen LogP contribution in [0.3, 0.4) is 0 Å². The molecule has 5 nitrogen and oxygen atoms in total. The molecule has 0 aliphatic carbocycles. The largest absolute Gasteiger partial charge is 0.325 e. The van der Waals surface area contributed by atoms with E-state index in [0.717, 1.165) is 0 Å². The molecule has 0 unspecified atom stereocenters. The average Bonchev–Trinajstić information content (AvgIpc) is 2.52. The van der Waals surface area contributed by atoms with Gasteiger partial charge in [-0.3, -0.25) is 14.4 Å². The van der Waals surface area contributed by atoms with Crippen LogP contribution in [0.1, 0.15) is 24.2 Å². The van der Waals surface area contributed by atoms with Gasteiger partial charge in [-0.15, -0.1) is 0 Å². The van der Waals surface area contributed by atoms with Gasteiger partial charge in [0.05, 0.1) is 0 Å². The molecule has 0 atom stereocenters. The van der Waals surface area contributed by atoms with Crippen molar-refractivity contribution in [2.75, 3.05) is 16.8 Å². The van der Waals surface area contributed by atoms with Crippen LogP contribution in [-0.4, -0.2) is 24.1 Å². The first-order valence-corrected chi connectivity index (χ1v) is 7.69. The number of rotatable bonds is 5. The van der Waals surface area contributed by atoms with Crippen LogP contribution in [0.5, 0.6) is 0 Å². The van der Waals surface area contributed by atoms with Crippen molar-refractivity contribution in [2.24, 2.45) is 0 Å². The number of nitrogens with zero attached hydrogens (tertiary/aromatic N) is 1. The van der Waals surface area contributed by atoms with Gasteiger partial charge in [0.25, 0.3) is 0 Å². The summed E-state index contributed by atoms with van der Waals surface area (Å²) in [4.78, 5) is 36.8. The van der Waals surface area contributed by atoms with Crippen molar-refractivity contribution in [3.8, 4) is 0 Å². The van der Waals surface area contributed by atoms with E-state index < -0.39 is 0 Å². The summed E-state index contributed by atoms with van der Waals surface area (Å²) in [5, 5.41) is 3.17. The third-order valence-electron chi connectivity index (χ3n) is 3.35. The molecule has 0 bridgehead atoms. The minimum Gasteiger partial charge on any atom is -0.325 e. The van der Waals surface area contributed by atoms with E-state index in [1.807, 2.05) is 0 Å². The van der Waals surface area contributed by atoms with E-state index in [1.54, 1.807) is 48.5 Å². The molecule has 0 aromatic heterocycles. The summed E-state index contributed by atoms with van der Waals surface area (Å²) in [7, 11) is 0. The third kappa shape index (κ3) is 4.67. The summed E-state index contributed by atoms with van der Waals surface area (Å²) >= 11 is 5.94. The number of carbonyl (C=O) groups is 3. The summed E-state index contributed by atoms with van der Waals surface area (Å²) in [5.41, 5.74) is 1.55. The second kappa shape index (κ2) is 7.75. The van der Waals surface area contributed by atoms with Crippen LogP contribution in [0.4, 0.5) is 11.4 Å². The number of carbonyl (C=O) groups excluding carboxylic acids is 3. The molecule has 0 aliphatic heterocycles. The highest BCUT2D eigenvalue weighted by molar-refractivity contribution is 6.31. The molecule has 2 aromatic carbocycles. The molecular formula is C18H17ClN2O3. The first-order chi connectivity index (χ1) is 11.4. The van der Waals surface area contributed by atoms with E-state index in [4.69, 9.17) is 11.6 Å². The molecule has 0 saturated carbocycles. The number of benzene rings is 2. The van der Waals surface area contributed by atoms with E-state index in [0.29, 0.717) is 22.0 Å². The van der Waals surface area contributed by atoms with Gasteiger partial charge in [0, 0.05) is 28.9 Å². The molecule has 1 N–H and O–H groups in total. The van der Waals surface area contributed by atoms with Crippen LogP contribution < -0.4 is 10.2 Å². The molecule has 0 fully saturated rings. The maximum atomic E-state index is 12.2. The average molecular weight is 345 g/mol. The Kier molecular flexibility index (Phi) is 5.71. The van der Waals surface area contributed by atoms with Gasteiger partial charge in [-0.2, -0.15) is 0 Å². The highest BCUT2D eigenvalue weighted by Crippen LogP contribution is 2.20. The van der Waals surface area contributed by atoms with Crippen molar-refractivity contribution in [2.45, 2.75) is 13.8 Å². The predicted molar refractivity (Wildman–Crippen MR) is 94.6 cm³/mol. The number of halogens is 1. The fourth-order valence-electron chi connectivity index (χ4n) is 2.19. The smallest absolute Gasteiger partial charge is 0.244 e. The lowest BCUT2D eigenvalue weighted by atomic mass is 10.1. The Bertz CT molecular complexity index is 789. The molecule has 0 aliphatic rings. The van der Waals surface area contributed by atoms with Crippen molar-refractivity contribution in [1.82, 2.24) is 0 Å². The second-order valence-corrected chi connectivity index (χ2v) is 5.71. The Morgan fingerprint density at radius 1 is 1.04 bits per heavy atom. The first kappa shape index (κ1) is 17.7. The van der Waals surface area contributed by atoms with Gasteiger partial charge in [0.1, 0.15) is 6.54 Å². The molecule has 6 heteroatoms. The summed E-state index contributed by atoms with van der Waals surface area (Å²) < 4.78 is 0. The summed E-state index contributed by atoms with van der Waals surface area (Å²) in [6.07, 6.45) is 0. The Hall–Kier alpha value is -2.66. The van der Waals surface area contributed by atoms with Crippen LogP contribution in [0.25, 0.3) is 0 Å². The van der Waals surface area contributed by atoms with Gasteiger partial charge in [-0.05, 0) is 37.3 Å². The van der Waals surface area contributed by atoms with E-state index in [1.165, 1.54) is 18.7 Å². The zero-order valence-corrected chi connectivity index (χ0v) is 14.1. The standard InChI is InChI=1S/C18H17ClN2O3/c1-12(22)14-5-3-7-16(9-14)20-18(24)11-21(13(2)23)17-8-4-6-15(19)10-17/h3-10H,11H2,1-2H3,(H,20,24). The lowest BCUT2D eigenvalue weighted by Gasteiger charge is -2.21. The summed E-state index contributed by atoms with van der Waals surface area (Å²) in [6, 6.07) is 13.4. The number of nitrogens with one attached hydrogen (secondary N) is 1. The van der Waals surface area contributed by atoms with Crippen LogP contribution in [-0.2, 0) is 9.59 Å². The van der Waals surface area contributed by atoms with Gasteiger partial charge < -0.3 is 10.2 Å². The van der Waals surface area contributed by atoms with Crippen molar-refractivity contribution < 1.29 is 14.4 Å². The van der Waals surface area contributed by atoms with Gasteiger partial charge in [-0.1, -0.05) is 29.8 Å². The first-order valence-electron chi connectivity index (χ1n) is 7.31. The zero-order chi connectivity index (χ0) is 17.7. The maximum Gasteiger partial charge on any atom is 0.244 e. The van der Waals surface area contributed by atoms with Crippen LogP contribution in [0.15, 0.2) is 48.5 Å². The number of ketones is 1. The van der Waals surface area contributed by atoms with Crippen LogP contribution in [0.2, 0.25) is 5.02 Å². The third-order valence-corrected chi connectivity index (χ3v) is 3.59. The zero-order valence-electron chi connectivity index (χ0n) is 13.4.